The first-order valence-electron chi connectivity index (χ1n) is 11.7. The van der Waals surface area contributed by atoms with E-state index >= 15 is 0 Å². The summed E-state index contributed by atoms with van der Waals surface area (Å²) in [6, 6.07) is 7.90. The molecule has 0 bridgehead atoms. The fourth-order valence-electron chi connectivity index (χ4n) is 4.18. The van der Waals surface area contributed by atoms with Crippen LogP contribution >= 0.6 is 23.4 Å². The van der Waals surface area contributed by atoms with Crippen molar-refractivity contribution in [1.29, 1.82) is 0 Å². The van der Waals surface area contributed by atoms with Gasteiger partial charge in [0.05, 0.1) is 23.4 Å². The Balaban J connectivity index is 1.59. The molecular formula is C27H22ClF4N3O3S. The first-order valence-corrected chi connectivity index (χ1v) is 12.9. The summed E-state index contributed by atoms with van der Waals surface area (Å²) in [4.78, 5) is 40.7. The van der Waals surface area contributed by atoms with Crippen LogP contribution in [0.4, 0.5) is 23.2 Å². The number of fused-ring (bicyclic) bond motifs is 1. The number of hydrogen-bond acceptors (Lipinski definition) is 5. The fraction of sp³-hybridized carbons (Fsp3) is 0.222. The normalized spacial score (nSPS) is 17.8. The molecule has 0 saturated heterocycles. The number of amides is 3. The van der Waals surface area contributed by atoms with Gasteiger partial charge in [0.15, 0.2) is 0 Å². The van der Waals surface area contributed by atoms with Crippen LogP contribution in [0.15, 0.2) is 59.5 Å². The van der Waals surface area contributed by atoms with Gasteiger partial charge in [-0.05, 0) is 61.0 Å². The molecule has 6 nitrogen and oxygen atoms in total. The largest absolute Gasteiger partial charge is 0.313 e. The van der Waals surface area contributed by atoms with Crippen molar-refractivity contribution in [2.45, 2.75) is 35.6 Å². The highest BCUT2D eigenvalue weighted by molar-refractivity contribution is 7.99. The number of thioether (sulfide) groups is 1. The van der Waals surface area contributed by atoms with Gasteiger partial charge in [0, 0.05) is 28.6 Å². The molecule has 0 saturated carbocycles. The van der Waals surface area contributed by atoms with Crippen molar-refractivity contribution in [3.63, 3.8) is 0 Å². The third kappa shape index (κ3) is 6.60. The second kappa shape index (κ2) is 11.8. The van der Waals surface area contributed by atoms with Crippen molar-refractivity contribution in [3.8, 4) is 0 Å². The lowest BCUT2D eigenvalue weighted by Crippen LogP contribution is -2.55. The number of benzene rings is 3. The lowest BCUT2D eigenvalue weighted by molar-refractivity contribution is -0.131. The molecule has 204 valence electrons. The zero-order valence-corrected chi connectivity index (χ0v) is 22.2. The van der Waals surface area contributed by atoms with Crippen molar-refractivity contribution in [2.24, 2.45) is 0 Å². The lowest BCUT2D eigenvalue weighted by Gasteiger charge is -2.29. The van der Waals surface area contributed by atoms with E-state index in [-0.39, 0.29) is 11.1 Å². The van der Waals surface area contributed by atoms with Crippen molar-refractivity contribution in [2.75, 3.05) is 11.9 Å². The summed E-state index contributed by atoms with van der Waals surface area (Å²) in [5, 5.41) is 4.33. The zero-order valence-electron chi connectivity index (χ0n) is 20.6. The van der Waals surface area contributed by atoms with E-state index in [1.807, 2.05) is 0 Å². The van der Waals surface area contributed by atoms with E-state index in [2.05, 4.69) is 10.6 Å². The summed E-state index contributed by atoms with van der Waals surface area (Å²) in [6.45, 7) is 1.39. The molecule has 1 aliphatic rings. The van der Waals surface area contributed by atoms with Crippen molar-refractivity contribution < 1.29 is 31.9 Å². The number of carbonyl (C=O) groups excluding carboxylic acids is 3. The molecule has 2 N–H and O–H groups in total. The lowest BCUT2D eigenvalue weighted by atomic mass is 10.0. The van der Waals surface area contributed by atoms with Crippen LogP contribution in [0.5, 0.6) is 0 Å². The first-order chi connectivity index (χ1) is 18.4. The molecule has 3 atom stereocenters. The van der Waals surface area contributed by atoms with Gasteiger partial charge in [-0.25, -0.2) is 17.6 Å². The van der Waals surface area contributed by atoms with E-state index in [0.717, 1.165) is 42.1 Å². The van der Waals surface area contributed by atoms with Crippen molar-refractivity contribution in [1.82, 2.24) is 10.6 Å². The Morgan fingerprint density at radius 2 is 1.69 bits per heavy atom. The number of rotatable bonds is 6. The van der Waals surface area contributed by atoms with Crippen molar-refractivity contribution in [3.05, 3.63) is 94.0 Å². The number of carbonyl (C=O) groups is 3. The van der Waals surface area contributed by atoms with Crippen LogP contribution in [0.25, 0.3) is 0 Å². The highest BCUT2D eigenvalue weighted by atomic mass is 35.5. The van der Waals surface area contributed by atoms with Crippen LogP contribution < -0.4 is 15.5 Å². The van der Waals surface area contributed by atoms with Crippen LogP contribution in [-0.2, 0) is 20.8 Å². The van der Waals surface area contributed by atoms with E-state index in [4.69, 9.17) is 11.6 Å². The zero-order chi connectivity index (χ0) is 28.4. The third-order valence-electron chi connectivity index (χ3n) is 6.07. The molecule has 3 amide bonds. The number of imide groups is 1. The Morgan fingerprint density at radius 3 is 2.38 bits per heavy atom. The topological polar surface area (TPSA) is 78.5 Å². The summed E-state index contributed by atoms with van der Waals surface area (Å²) in [5.74, 6) is -5.41. The molecule has 12 heteroatoms. The van der Waals surface area contributed by atoms with Gasteiger partial charge in [-0.2, -0.15) is 0 Å². The molecule has 0 spiro atoms. The number of hydrogen-bond donors (Lipinski definition) is 2. The summed E-state index contributed by atoms with van der Waals surface area (Å²) < 4.78 is 56.0. The van der Waals surface area contributed by atoms with E-state index in [1.165, 1.54) is 18.9 Å². The molecule has 4 rings (SSSR count). The minimum Gasteiger partial charge on any atom is -0.313 e. The van der Waals surface area contributed by atoms with Crippen LogP contribution in [0.2, 0.25) is 5.02 Å². The van der Waals surface area contributed by atoms with Gasteiger partial charge in [0.1, 0.15) is 29.3 Å². The van der Waals surface area contributed by atoms with Crippen LogP contribution in [0, 0.1) is 23.3 Å². The molecule has 0 aliphatic carbocycles. The Bertz CT molecular complexity index is 1440. The standard InChI is InChI=1S/C27H22ClF4N3O3S/c1-13(26(37)34-23(36)9-14-7-17(30)11-18(31)8-14)33-24-25(19-12-16(29)4-5-20(19)32)39-22-6-3-15(28)10-21(22)35(2)27(24)38/h3-8,10-13,24-25,33H,9H2,1-2H3,(H,34,36,37)/t13-,24-,25+/m0/s1. The number of nitrogens with one attached hydrogen (secondary N) is 2. The van der Waals surface area contributed by atoms with Gasteiger partial charge in [-0.3, -0.25) is 25.0 Å². The SMILES string of the molecule is C[C@H](N[C@@H]1C(=O)N(C)c2cc(Cl)ccc2S[C@@H]1c1cc(F)ccc1F)C(=O)NC(=O)Cc1cc(F)cc(F)c1. The maximum absolute atomic E-state index is 14.9. The maximum atomic E-state index is 14.9. The van der Waals surface area contributed by atoms with Crippen LogP contribution in [0.3, 0.4) is 0 Å². The number of nitrogens with zero attached hydrogens (tertiary/aromatic N) is 1. The van der Waals surface area contributed by atoms with Crippen LogP contribution in [-0.4, -0.2) is 36.9 Å². The highest BCUT2D eigenvalue weighted by Gasteiger charge is 2.40. The summed E-state index contributed by atoms with van der Waals surface area (Å²) >= 11 is 7.22. The smallest absolute Gasteiger partial charge is 0.245 e. The van der Waals surface area contributed by atoms with Gasteiger partial charge >= 0.3 is 0 Å². The molecule has 0 radical (unpaired) electrons. The quantitative estimate of drug-likeness (QED) is 0.405. The summed E-state index contributed by atoms with van der Waals surface area (Å²) in [6.07, 6.45) is -0.471. The van der Waals surface area contributed by atoms with Crippen molar-refractivity contribution >= 4 is 46.8 Å². The minimum atomic E-state index is -1.24. The molecule has 0 aromatic heterocycles. The average Bonchev–Trinajstić information content (AvgIpc) is 2.95. The van der Waals surface area contributed by atoms with Gasteiger partial charge in [-0.15, -0.1) is 11.8 Å². The average molecular weight is 580 g/mol. The highest BCUT2D eigenvalue weighted by Crippen LogP contribution is 2.47. The second-order valence-corrected chi connectivity index (χ2v) is 10.6. The molecule has 1 aliphatic heterocycles. The third-order valence-corrected chi connectivity index (χ3v) is 7.69. The molecule has 39 heavy (non-hydrogen) atoms. The van der Waals surface area contributed by atoms with E-state index < -0.39 is 64.7 Å². The molecule has 0 unspecified atom stereocenters. The maximum Gasteiger partial charge on any atom is 0.245 e. The van der Waals surface area contributed by atoms with Gasteiger partial charge in [0.25, 0.3) is 0 Å². The molecule has 3 aromatic rings. The molecule has 1 heterocycles. The Labute approximate surface area is 230 Å². The predicted molar refractivity (Wildman–Crippen MR) is 139 cm³/mol. The van der Waals surface area contributed by atoms with Gasteiger partial charge in [-0.1, -0.05) is 11.6 Å². The Hall–Kier alpha value is -3.41. The van der Waals surface area contributed by atoms with E-state index in [1.54, 1.807) is 18.2 Å². The summed E-state index contributed by atoms with van der Waals surface area (Å²) in [7, 11) is 1.49. The predicted octanol–water partition coefficient (Wildman–Crippen LogP) is 4.94. The molecular weight excluding hydrogens is 558 g/mol. The number of anilines is 1. The summed E-state index contributed by atoms with van der Waals surface area (Å²) in [5.41, 5.74) is 0.366. The molecule has 3 aromatic carbocycles. The monoisotopic (exact) mass is 579 g/mol. The fourth-order valence-corrected chi connectivity index (χ4v) is 5.72. The van der Waals surface area contributed by atoms with Gasteiger partial charge in [0.2, 0.25) is 17.7 Å². The number of likely N-dealkylation sites (N-methyl/N-ethyl adjacent to an activating group) is 1. The van der Waals surface area contributed by atoms with E-state index in [9.17, 15) is 31.9 Å². The first kappa shape index (κ1) is 28.6. The van der Waals surface area contributed by atoms with Crippen LogP contribution in [0.1, 0.15) is 23.3 Å². The molecule has 0 fully saturated rings. The second-order valence-electron chi connectivity index (χ2n) is 8.95. The van der Waals surface area contributed by atoms with E-state index in [0.29, 0.717) is 21.7 Å². The Kier molecular flexibility index (Phi) is 8.63. The van der Waals surface area contributed by atoms with Gasteiger partial charge < -0.3 is 4.90 Å². The Morgan fingerprint density at radius 1 is 1.00 bits per heavy atom. The number of halogens is 5. The minimum absolute atomic E-state index is 0.0217.